The van der Waals surface area contributed by atoms with Crippen LogP contribution in [0.25, 0.3) is 22.6 Å². The highest BCUT2D eigenvalue weighted by Gasteiger charge is 2.17. The minimum absolute atomic E-state index is 0.0210. The van der Waals surface area contributed by atoms with E-state index in [9.17, 15) is 4.79 Å². The van der Waals surface area contributed by atoms with Crippen molar-refractivity contribution in [3.63, 3.8) is 0 Å². The van der Waals surface area contributed by atoms with Gasteiger partial charge in [0, 0.05) is 10.9 Å². The molecule has 8 heteroatoms. The highest BCUT2D eigenvalue weighted by atomic mass is 16.5. The van der Waals surface area contributed by atoms with Crippen LogP contribution < -0.4 is 14.8 Å². The molecule has 0 saturated heterocycles. The van der Waals surface area contributed by atoms with Gasteiger partial charge in [-0.1, -0.05) is 37.0 Å². The molecular formula is C23H23N3O5. The number of hydrogen-bond donors (Lipinski definition) is 1. The Labute approximate surface area is 179 Å². The number of benzene rings is 2. The SMILES string of the molecule is CCCCCOc1ccc(C(=O)Nc2nnc(-c3cc4cccc(OC)c4o3)o2)cc1. The van der Waals surface area contributed by atoms with Gasteiger partial charge in [-0.3, -0.25) is 10.1 Å². The van der Waals surface area contributed by atoms with Gasteiger partial charge in [0.25, 0.3) is 11.8 Å². The first-order valence-electron chi connectivity index (χ1n) is 10.1. The Balaban J connectivity index is 1.41. The molecule has 0 bridgehead atoms. The normalized spacial score (nSPS) is 10.9. The van der Waals surface area contributed by atoms with Crippen LogP contribution in [0, 0.1) is 0 Å². The summed E-state index contributed by atoms with van der Waals surface area (Å²) in [6.07, 6.45) is 3.29. The summed E-state index contributed by atoms with van der Waals surface area (Å²) in [5.41, 5.74) is 1.04. The first kappa shape index (κ1) is 20.5. The van der Waals surface area contributed by atoms with Crippen molar-refractivity contribution < 1.29 is 23.1 Å². The number of ether oxygens (including phenoxy) is 2. The molecule has 31 heavy (non-hydrogen) atoms. The molecule has 0 spiro atoms. The topological polar surface area (TPSA) is 99.6 Å². The van der Waals surface area contributed by atoms with Crippen molar-refractivity contribution in [2.75, 3.05) is 19.0 Å². The molecule has 2 aromatic heterocycles. The first-order valence-corrected chi connectivity index (χ1v) is 10.1. The largest absolute Gasteiger partial charge is 0.494 e. The van der Waals surface area contributed by atoms with Crippen molar-refractivity contribution in [2.45, 2.75) is 26.2 Å². The summed E-state index contributed by atoms with van der Waals surface area (Å²) in [4.78, 5) is 12.5. The molecule has 160 valence electrons. The standard InChI is InChI=1S/C23H23N3O5/c1-3-4-5-13-29-17-11-9-15(10-12-17)21(27)24-23-26-25-22(31-23)19-14-16-7-6-8-18(28-2)20(16)30-19/h6-12,14H,3-5,13H2,1-2H3,(H,24,26,27). The number of carbonyl (C=O) groups excluding carboxylic acids is 1. The summed E-state index contributed by atoms with van der Waals surface area (Å²) in [6.45, 7) is 2.81. The third kappa shape index (κ3) is 4.69. The van der Waals surface area contributed by atoms with Crippen LogP contribution in [0.5, 0.6) is 11.5 Å². The van der Waals surface area contributed by atoms with Gasteiger partial charge >= 0.3 is 6.01 Å². The Hall–Kier alpha value is -3.81. The molecule has 4 aromatic rings. The Morgan fingerprint density at radius 2 is 1.90 bits per heavy atom. The second-order valence-corrected chi connectivity index (χ2v) is 6.94. The molecule has 1 amide bonds. The number of anilines is 1. The minimum Gasteiger partial charge on any atom is -0.494 e. The fraction of sp³-hybridized carbons (Fsp3) is 0.261. The Bertz CT molecular complexity index is 1160. The molecule has 8 nitrogen and oxygen atoms in total. The van der Waals surface area contributed by atoms with Crippen molar-refractivity contribution in [3.05, 3.63) is 54.1 Å². The van der Waals surface area contributed by atoms with Crippen molar-refractivity contribution in [2.24, 2.45) is 0 Å². The van der Waals surface area contributed by atoms with Gasteiger partial charge in [-0.2, -0.15) is 0 Å². The average molecular weight is 421 g/mol. The van der Waals surface area contributed by atoms with Crippen molar-refractivity contribution in [1.82, 2.24) is 10.2 Å². The molecule has 4 rings (SSSR count). The van der Waals surface area contributed by atoms with E-state index in [0.717, 1.165) is 30.4 Å². The van der Waals surface area contributed by atoms with Crippen molar-refractivity contribution >= 4 is 22.9 Å². The van der Waals surface area contributed by atoms with Gasteiger partial charge in [0.15, 0.2) is 17.1 Å². The quantitative estimate of drug-likeness (QED) is 0.365. The van der Waals surface area contributed by atoms with Crippen LogP contribution in [0.15, 0.2) is 57.4 Å². The fourth-order valence-electron chi connectivity index (χ4n) is 3.09. The summed E-state index contributed by atoms with van der Waals surface area (Å²) >= 11 is 0. The number of amides is 1. The molecule has 0 aliphatic carbocycles. The van der Waals surface area contributed by atoms with E-state index < -0.39 is 0 Å². The molecule has 0 saturated carbocycles. The predicted molar refractivity (Wildman–Crippen MR) is 115 cm³/mol. The van der Waals surface area contributed by atoms with Gasteiger partial charge in [-0.25, -0.2) is 0 Å². The lowest BCUT2D eigenvalue weighted by molar-refractivity contribution is 0.102. The molecule has 0 fully saturated rings. The second kappa shape index (κ2) is 9.34. The monoisotopic (exact) mass is 421 g/mol. The molecule has 0 aliphatic heterocycles. The van der Waals surface area contributed by atoms with Gasteiger partial charge in [0.1, 0.15) is 5.75 Å². The highest BCUT2D eigenvalue weighted by molar-refractivity contribution is 6.03. The predicted octanol–water partition coefficient (Wildman–Crippen LogP) is 5.31. The molecule has 0 radical (unpaired) electrons. The number of nitrogens with one attached hydrogen (secondary N) is 1. The van der Waals surface area contributed by atoms with E-state index in [4.69, 9.17) is 18.3 Å². The number of rotatable bonds is 9. The van der Waals surface area contributed by atoms with Gasteiger partial charge < -0.3 is 18.3 Å². The summed E-state index contributed by atoms with van der Waals surface area (Å²) < 4.78 is 22.3. The average Bonchev–Trinajstić information content (AvgIpc) is 3.43. The van der Waals surface area contributed by atoms with Gasteiger partial charge in [-0.05, 0) is 42.8 Å². The van der Waals surface area contributed by atoms with E-state index in [1.54, 1.807) is 43.5 Å². The molecule has 1 N–H and O–H groups in total. The van der Waals surface area contributed by atoms with Crippen LogP contribution in [0.3, 0.4) is 0 Å². The van der Waals surface area contributed by atoms with Gasteiger partial charge in [0.05, 0.1) is 13.7 Å². The summed E-state index contributed by atoms with van der Waals surface area (Å²) in [7, 11) is 1.57. The zero-order chi connectivity index (χ0) is 21.6. The van der Waals surface area contributed by atoms with Gasteiger partial charge in [0.2, 0.25) is 0 Å². The number of unbranched alkanes of at least 4 members (excludes halogenated alkanes) is 2. The van der Waals surface area contributed by atoms with Crippen LogP contribution in [0.2, 0.25) is 0 Å². The molecule has 0 aliphatic rings. The van der Waals surface area contributed by atoms with E-state index in [2.05, 4.69) is 22.4 Å². The minimum atomic E-state index is -0.362. The Morgan fingerprint density at radius 1 is 1.06 bits per heavy atom. The summed E-state index contributed by atoms with van der Waals surface area (Å²) in [5, 5.41) is 11.3. The number of para-hydroxylation sites is 1. The Kier molecular flexibility index (Phi) is 6.16. The number of hydrogen-bond acceptors (Lipinski definition) is 7. The zero-order valence-corrected chi connectivity index (χ0v) is 17.4. The van der Waals surface area contributed by atoms with Crippen LogP contribution >= 0.6 is 0 Å². The fourth-order valence-corrected chi connectivity index (χ4v) is 3.09. The van der Waals surface area contributed by atoms with E-state index in [0.29, 0.717) is 29.3 Å². The Morgan fingerprint density at radius 3 is 2.68 bits per heavy atom. The lowest BCUT2D eigenvalue weighted by Gasteiger charge is -2.06. The number of carbonyl (C=O) groups is 1. The number of methoxy groups -OCH3 is 1. The highest BCUT2D eigenvalue weighted by Crippen LogP contribution is 2.33. The van der Waals surface area contributed by atoms with Crippen LogP contribution in [0.4, 0.5) is 6.01 Å². The number of furan rings is 1. The second-order valence-electron chi connectivity index (χ2n) is 6.94. The van der Waals surface area contributed by atoms with Crippen LogP contribution in [-0.4, -0.2) is 29.8 Å². The third-order valence-electron chi connectivity index (χ3n) is 4.72. The maximum absolute atomic E-state index is 12.5. The number of aromatic nitrogens is 2. The molecule has 2 aromatic carbocycles. The summed E-state index contributed by atoms with van der Waals surface area (Å²) in [5.74, 6) is 1.52. The van der Waals surface area contributed by atoms with Crippen LogP contribution in [-0.2, 0) is 0 Å². The maximum atomic E-state index is 12.5. The van der Waals surface area contributed by atoms with E-state index >= 15 is 0 Å². The molecular weight excluding hydrogens is 398 g/mol. The first-order chi connectivity index (χ1) is 15.2. The van der Waals surface area contributed by atoms with Crippen molar-refractivity contribution in [1.29, 1.82) is 0 Å². The van der Waals surface area contributed by atoms with Crippen LogP contribution in [0.1, 0.15) is 36.5 Å². The number of fused-ring (bicyclic) bond motifs is 1. The summed E-state index contributed by atoms with van der Waals surface area (Å²) in [6, 6.07) is 14.2. The van der Waals surface area contributed by atoms with E-state index in [1.165, 1.54) is 0 Å². The lowest BCUT2D eigenvalue weighted by atomic mass is 10.2. The zero-order valence-electron chi connectivity index (χ0n) is 17.4. The smallest absolute Gasteiger partial charge is 0.322 e. The van der Waals surface area contributed by atoms with Crippen molar-refractivity contribution in [3.8, 4) is 23.1 Å². The van der Waals surface area contributed by atoms with E-state index in [1.807, 2.05) is 12.1 Å². The molecule has 0 atom stereocenters. The molecule has 0 unspecified atom stereocenters. The third-order valence-corrected chi connectivity index (χ3v) is 4.72. The maximum Gasteiger partial charge on any atom is 0.322 e. The molecule has 2 heterocycles. The lowest BCUT2D eigenvalue weighted by Crippen LogP contribution is -2.12. The van der Waals surface area contributed by atoms with E-state index in [-0.39, 0.29) is 17.8 Å². The van der Waals surface area contributed by atoms with Gasteiger partial charge in [-0.15, -0.1) is 5.10 Å². The number of nitrogens with zero attached hydrogens (tertiary/aromatic N) is 2.